The van der Waals surface area contributed by atoms with Crippen molar-refractivity contribution in [2.75, 3.05) is 6.54 Å². The van der Waals surface area contributed by atoms with Gasteiger partial charge in [-0.05, 0) is 40.2 Å². The lowest BCUT2D eigenvalue weighted by Gasteiger charge is -2.36. The molecule has 1 N–H and O–H groups in total. The molecule has 0 radical (unpaired) electrons. The topological polar surface area (TPSA) is 58.4 Å². The van der Waals surface area contributed by atoms with Crippen LogP contribution in [0.2, 0.25) is 5.02 Å². The molecule has 20 heavy (non-hydrogen) atoms. The summed E-state index contributed by atoms with van der Waals surface area (Å²) in [5.41, 5.74) is 1.89. The normalized spacial score (nSPS) is 24.0. The minimum absolute atomic E-state index is 0.213. The molecule has 0 aromatic carbocycles. The predicted octanol–water partition coefficient (Wildman–Crippen LogP) is 2.55. The summed E-state index contributed by atoms with van der Waals surface area (Å²) >= 11 is 6.33. The maximum absolute atomic E-state index is 11.1. The van der Waals surface area contributed by atoms with Crippen molar-refractivity contribution in [3.05, 3.63) is 16.4 Å². The first-order valence-corrected chi connectivity index (χ1v) is 7.50. The van der Waals surface area contributed by atoms with Gasteiger partial charge in [-0.2, -0.15) is 5.10 Å². The second-order valence-corrected chi connectivity index (χ2v) is 5.92. The minimum atomic E-state index is -0.677. The highest BCUT2D eigenvalue weighted by Crippen LogP contribution is 2.27. The fourth-order valence-corrected chi connectivity index (χ4v) is 3.09. The molecule has 112 valence electrons. The summed E-state index contributed by atoms with van der Waals surface area (Å²) in [6, 6.07) is 0.251. The van der Waals surface area contributed by atoms with Gasteiger partial charge in [0.25, 0.3) is 0 Å². The molecule has 1 fully saturated rings. The van der Waals surface area contributed by atoms with Crippen molar-refractivity contribution in [3.8, 4) is 0 Å². The van der Waals surface area contributed by atoms with E-state index in [9.17, 15) is 4.79 Å². The molecule has 1 aromatic rings. The Kier molecular flexibility index (Phi) is 4.70. The standard InChI is InChI=1S/C14H22ClN3O2/c1-4-18-12(13(15)10(3)16-18)8-17-6-5-11(14(19)20)7-9(17)2/h9,11H,4-8H2,1-3H3,(H,19,20). The molecule has 1 saturated heterocycles. The second kappa shape index (κ2) is 6.14. The molecule has 2 unspecified atom stereocenters. The summed E-state index contributed by atoms with van der Waals surface area (Å²) in [5.74, 6) is -0.890. The fraction of sp³-hybridized carbons (Fsp3) is 0.714. The summed E-state index contributed by atoms with van der Waals surface area (Å²) in [6.45, 7) is 8.37. The molecular weight excluding hydrogens is 278 g/mol. The Bertz CT molecular complexity index is 501. The SMILES string of the molecule is CCn1nc(C)c(Cl)c1CN1CCC(C(=O)O)CC1C. The number of carboxylic acids is 1. The van der Waals surface area contributed by atoms with Gasteiger partial charge in [0.05, 0.1) is 22.3 Å². The van der Waals surface area contributed by atoms with E-state index in [4.69, 9.17) is 16.7 Å². The van der Waals surface area contributed by atoms with Crippen molar-refractivity contribution in [1.82, 2.24) is 14.7 Å². The fourth-order valence-electron chi connectivity index (χ4n) is 2.89. The van der Waals surface area contributed by atoms with Gasteiger partial charge >= 0.3 is 5.97 Å². The maximum Gasteiger partial charge on any atom is 0.306 e. The molecule has 5 nitrogen and oxygen atoms in total. The van der Waals surface area contributed by atoms with Crippen molar-refractivity contribution >= 4 is 17.6 Å². The summed E-state index contributed by atoms with van der Waals surface area (Å²) in [4.78, 5) is 13.4. The summed E-state index contributed by atoms with van der Waals surface area (Å²) in [6.07, 6.45) is 1.41. The van der Waals surface area contributed by atoms with Crippen LogP contribution in [0.5, 0.6) is 0 Å². The van der Waals surface area contributed by atoms with Gasteiger partial charge in [-0.1, -0.05) is 11.6 Å². The third-order valence-electron chi connectivity index (χ3n) is 4.17. The van der Waals surface area contributed by atoms with E-state index in [1.807, 2.05) is 18.5 Å². The lowest BCUT2D eigenvalue weighted by molar-refractivity contribution is -0.144. The lowest BCUT2D eigenvalue weighted by Crippen LogP contribution is -2.42. The highest BCUT2D eigenvalue weighted by molar-refractivity contribution is 6.31. The van der Waals surface area contributed by atoms with Crippen LogP contribution in [-0.2, 0) is 17.9 Å². The number of carboxylic acid groups (broad SMARTS) is 1. The third kappa shape index (κ3) is 2.99. The van der Waals surface area contributed by atoms with Gasteiger partial charge in [0.1, 0.15) is 0 Å². The van der Waals surface area contributed by atoms with Crippen LogP contribution in [0.25, 0.3) is 0 Å². The third-order valence-corrected chi connectivity index (χ3v) is 4.66. The van der Waals surface area contributed by atoms with Crippen molar-refractivity contribution < 1.29 is 9.90 Å². The maximum atomic E-state index is 11.1. The molecule has 6 heteroatoms. The van der Waals surface area contributed by atoms with Crippen LogP contribution in [0, 0.1) is 12.8 Å². The Labute approximate surface area is 124 Å². The first kappa shape index (κ1) is 15.3. The van der Waals surface area contributed by atoms with Crippen LogP contribution in [-0.4, -0.2) is 38.3 Å². The predicted molar refractivity (Wildman–Crippen MR) is 77.9 cm³/mol. The van der Waals surface area contributed by atoms with Gasteiger partial charge in [-0.15, -0.1) is 0 Å². The number of halogens is 1. The van der Waals surface area contributed by atoms with Gasteiger partial charge in [-0.25, -0.2) is 0 Å². The number of rotatable bonds is 4. The number of aromatic nitrogens is 2. The zero-order valence-corrected chi connectivity index (χ0v) is 13.0. The van der Waals surface area contributed by atoms with Crippen LogP contribution < -0.4 is 0 Å². The molecule has 0 bridgehead atoms. The van der Waals surface area contributed by atoms with Gasteiger partial charge in [0.2, 0.25) is 0 Å². The van der Waals surface area contributed by atoms with E-state index in [-0.39, 0.29) is 12.0 Å². The van der Waals surface area contributed by atoms with Crippen LogP contribution >= 0.6 is 11.6 Å². The van der Waals surface area contributed by atoms with Gasteiger partial charge < -0.3 is 5.11 Å². The molecule has 0 saturated carbocycles. The van der Waals surface area contributed by atoms with Gasteiger partial charge in [-0.3, -0.25) is 14.4 Å². The number of aliphatic carboxylic acids is 1. The first-order chi connectivity index (χ1) is 9.43. The Morgan fingerprint density at radius 3 is 2.80 bits per heavy atom. The Morgan fingerprint density at radius 2 is 2.25 bits per heavy atom. The average Bonchev–Trinajstić information content (AvgIpc) is 2.68. The van der Waals surface area contributed by atoms with E-state index < -0.39 is 5.97 Å². The number of hydrogen-bond donors (Lipinski definition) is 1. The van der Waals surface area contributed by atoms with E-state index in [1.54, 1.807) is 0 Å². The van der Waals surface area contributed by atoms with E-state index >= 15 is 0 Å². The van der Waals surface area contributed by atoms with E-state index in [2.05, 4.69) is 16.9 Å². The Hall–Kier alpha value is -1.07. The van der Waals surface area contributed by atoms with Gasteiger partial charge in [0.15, 0.2) is 0 Å². The summed E-state index contributed by atoms with van der Waals surface area (Å²) in [7, 11) is 0. The van der Waals surface area contributed by atoms with Crippen LogP contribution in [0.15, 0.2) is 0 Å². The smallest absolute Gasteiger partial charge is 0.306 e. The largest absolute Gasteiger partial charge is 0.481 e. The van der Waals surface area contributed by atoms with Crippen LogP contribution in [0.3, 0.4) is 0 Å². The zero-order valence-electron chi connectivity index (χ0n) is 12.3. The van der Waals surface area contributed by atoms with Gasteiger partial charge in [0, 0.05) is 19.1 Å². The number of piperidine rings is 1. The molecule has 1 aliphatic rings. The van der Waals surface area contributed by atoms with Crippen LogP contribution in [0.4, 0.5) is 0 Å². The molecule has 0 aliphatic carbocycles. The molecule has 2 atom stereocenters. The molecular formula is C14H22ClN3O2. The molecule has 1 aliphatic heterocycles. The highest BCUT2D eigenvalue weighted by atomic mass is 35.5. The van der Waals surface area contributed by atoms with E-state index in [0.29, 0.717) is 12.8 Å². The van der Waals surface area contributed by atoms with E-state index in [1.165, 1.54) is 0 Å². The summed E-state index contributed by atoms with van der Waals surface area (Å²) in [5, 5.41) is 14.3. The Morgan fingerprint density at radius 1 is 1.55 bits per heavy atom. The van der Waals surface area contributed by atoms with Crippen molar-refractivity contribution in [3.63, 3.8) is 0 Å². The molecule has 2 rings (SSSR count). The lowest BCUT2D eigenvalue weighted by atomic mass is 9.91. The highest BCUT2D eigenvalue weighted by Gasteiger charge is 2.30. The first-order valence-electron chi connectivity index (χ1n) is 7.12. The number of hydrogen-bond acceptors (Lipinski definition) is 3. The van der Waals surface area contributed by atoms with E-state index in [0.717, 1.165) is 36.0 Å². The molecule has 0 amide bonds. The molecule has 0 spiro atoms. The number of aryl methyl sites for hydroxylation is 2. The zero-order chi connectivity index (χ0) is 14.9. The number of likely N-dealkylation sites (tertiary alicyclic amines) is 1. The Balaban J connectivity index is 2.09. The molecule has 1 aromatic heterocycles. The quantitative estimate of drug-likeness (QED) is 0.928. The molecule has 2 heterocycles. The number of nitrogens with zero attached hydrogens (tertiary/aromatic N) is 3. The summed E-state index contributed by atoms with van der Waals surface area (Å²) < 4.78 is 1.94. The second-order valence-electron chi connectivity index (χ2n) is 5.54. The number of carbonyl (C=O) groups is 1. The van der Waals surface area contributed by atoms with Crippen molar-refractivity contribution in [1.29, 1.82) is 0 Å². The van der Waals surface area contributed by atoms with Crippen molar-refractivity contribution in [2.45, 2.75) is 52.7 Å². The minimum Gasteiger partial charge on any atom is -0.481 e. The van der Waals surface area contributed by atoms with Crippen molar-refractivity contribution in [2.24, 2.45) is 5.92 Å². The average molecular weight is 300 g/mol. The van der Waals surface area contributed by atoms with Crippen LogP contribution in [0.1, 0.15) is 38.1 Å². The monoisotopic (exact) mass is 299 g/mol.